The van der Waals surface area contributed by atoms with Crippen LogP contribution in [0.15, 0.2) is 23.3 Å². The molecule has 0 bridgehead atoms. The quantitative estimate of drug-likeness (QED) is 0.607. The monoisotopic (exact) mass is 370 g/mol. The van der Waals surface area contributed by atoms with Crippen LogP contribution >= 0.6 is 0 Å². The highest BCUT2D eigenvalue weighted by atomic mass is 16.3. The molecule has 0 unspecified atom stereocenters. The first-order valence-corrected chi connectivity index (χ1v) is 11.7. The molecule has 0 aromatic rings. The number of aliphatic hydroxyl groups excluding tert-OH is 2. The second-order valence-electron chi connectivity index (χ2n) is 11.0. The van der Waals surface area contributed by atoms with Crippen LogP contribution in [0.3, 0.4) is 0 Å². The third-order valence-electron chi connectivity index (χ3n) is 9.79. The molecule has 0 aromatic carbocycles. The molecular formula is C25H38O2. The lowest BCUT2D eigenvalue weighted by Gasteiger charge is -2.59. The molecule has 2 nitrogen and oxygen atoms in total. The number of rotatable bonds is 1. The van der Waals surface area contributed by atoms with E-state index in [1.54, 1.807) is 5.57 Å². The van der Waals surface area contributed by atoms with E-state index in [2.05, 4.69) is 26.0 Å². The summed E-state index contributed by atoms with van der Waals surface area (Å²) in [6, 6.07) is 0. The zero-order valence-electron chi connectivity index (χ0n) is 17.3. The summed E-state index contributed by atoms with van der Waals surface area (Å²) >= 11 is 0. The van der Waals surface area contributed by atoms with Crippen LogP contribution in [0.1, 0.15) is 84.5 Å². The normalized spacial score (nSPS) is 50.3. The van der Waals surface area contributed by atoms with Gasteiger partial charge in [0, 0.05) is 0 Å². The maximum atomic E-state index is 11.2. The molecule has 150 valence electrons. The first-order valence-electron chi connectivity index (χ1n) is 11.7. The van der Waals surface area contributed by atoms with Crippen LogP contribution in [-0.4, -0.2) is 22.4 Å². The molecule has 5 rings (SSSR count). The van der Waals surface area contributed by atoms with Crippen molar-refractivity contribution in [3.8, 4) is 0 Å². The molecule has 7 atom stereocenters. The molecule has 2 heteroatoms. The Morgan fingerprint density at radius 1 is 0.889 bits per heavy atom. The standard InChI is InChI=1S/C25H38O2/c1-24-12-10-18(26)14-17(24)15-22(27)23-20-9-8-19(16-6-4-3-5-7-16)25(20,2)13-11-21(23)24/h8,15-16,18,20-23,26-27H,3-7,9-14H2,1-2H3/t18-,20+,21+,22+,23+,24+,25-/m1/s1. The van der Waals surface area contributed by atoms with Gasteiger partial charge in [-0.25, -0.2) is 0 Å². The summed E-state index contributed by atoms with van der Waals surface area (Å²) in [5.74, 6) is 2.43. The Morgan fingerprint density at radius 2 is 1.63 bits per heavy atom. The largest absolute Gasteiger partial charge is 0.393 e. The van der Waals surface area contributed by atoms with Crippen molar-refractivity contribution in [3.63, 3.8) is 0 Å². The smallest absolute Gasteiger partial charge is 0.0757 e. The van der Waals surface area contributed by atoms with Crippen molar-refractivity contribution in [3.05, 3.63) is 23.3 Å². The van der Waals surface area contributed by atoms with Gasteiger partial charge in [-0.3, -0.25) is 0 Å². The van der Waals surface area contributed by atoms with Gasteiger partial charge in [0.15, 0.2) is 0 Å². The van der Waals surface area contributed by atoms with Crippen LogP contribution in [0.25, 0.3) is 0 Å². The van der Waals surface area contributed by atoms with Crippen molar-refractivity contribution in [1.82, 2.24) is 0 Å². The average Bonchev–Trinajstić information content (AvgIpc) is 3.01. The molecule has 0 aliphatic heterocycles. The Bertz CT molecular complexity index is 657. The predicted octanol–water partition coefficient (Wildman–Crippen LogP) is 5.40. The topological polar surface area (TPSA) is 40.5 Å². The van der Waals surface area contributed by atoms with E-state index in [0.29, 0.717) is 23.2 Å². The molecule has 0 radical (unpaired) electrons. The van der Waals surface area contributed by atoms with Crippen molar-refractivity contribution in [2.24, 2.45) is 34.5 Å². The minimum Gasteiger partial charge on any atom is -0.393 e. The number of aliphatic hydroxyl groups is 2. The average molecular weight is 371 g/mol. The number of hydrogen-bond donors (Lipinski definition) is 2. The van der Waals surface area contributed by atoms with Crippen molar-refractivity contribution in [2.45, 2.75) is 96.7 Å². The molecule has 0 saturated heterocycles. The third kappa shape index (κ3) is 2.65. The molecule has 5 aliphatic rings. The summed E-state index contributed by atoms with van der Waals surface area (Å²) in [5.41, 5.74) is 3.66. The Balaban J connectivity index is 1.46. The van der Waals surface area contributed by atoms with E-state index in [1.807, 2.05) is 0 Å². The highest BCUT2D eigenvalue weighted by molar-refractivity contribution is 5.33. The first-order chi connectivity index (χ1) is 12.9. The Hall–Kier alpha value is -0.600. The van der Waals surface area contributed by atoms with Crippen LogP contribution in [0, 0.1) is 34.5 Å². The van der Waals surface area contributed by atoms with Gasteiger partial charge in [-0.2, -0.15) is 0 Å². The lowest BCUT2D eigenvalue weighted by molar-refractivity contribution is -0.0794. The SMILES string of the molecule is C[C@]12CC[C@@H](O)CC1=C[C@H](O)[C@@H]1[C@@H]2CC[C@]2(C)C(C3CCCCC3)=CC[C@@H]12. The van der Waals surface area contributed by atoms with Gasteiger partial charge in [0.25, 0.3) is 0 Å². The summed E-state index contributed by atoms with van der Waals surface area (Å²) in [6.07, 6.45) is 17.8. The van der Waals surface area contributed by atoms with Crippen LogP contribution in [0.4, 0.5) is 0 Å². The molecule has 2 N–H and O–H groups in total. The Labute approximate surface area is 165 Å². The van der Waals surface area contributed by atoms with E-state index < -0.39 is 0 Å². The lowest BCUT2D eigenvalue weighted by atomic mass is 9.46. The van der Waals surface area contributed by atoms with Gasteiger partial charge in [0.1, 0.15) is 0 Å². The number of hydrogen-bond acceptors (Lipinski definition) is 2. The summed E-state index contributed by atoms with van der Waals surface area (Å²) in [7, 11) is 0. The van der Waals surface area contributed by atoms with E-state index in [4.69, 9.17) is 0 Å². The summed E-state index contributed by atoms with van der Waals surface area (Å²) in [4.78, 5) is 0. The maximum Gasteiger partial charge on any atom is 0.0757 e. The zero-order chi connectivity index (χ0) is 18.8. The van der Waals surface area contributed by atoms with E-state index in [1.165, 1.54) is 56.9 Å². The van der Waals surface area contributed by atoms with Crippen molar-refractivity contribution < 1.29 is 10.2 Å². The van der Waals surface area contributed by atoms with Crippen LogP contribution in [0.2, 0.25) is 0 Å². The molecule has 5 aliphatic carbocycles. The molecule has 3 fully saturated rings. The van der Waals surface area contributed by atoms with Crippen molar-refractivity contribution in [2.75, 3.05) is 0 Å². The minimum atomic E-state index is -0.313. The second kappa shape index (κ2) is 6.46. The van der Waals surface area contributed by atoms with Crippen LogP contribution in [0.5, 0.6) is 0 Å². The van der Waals surface area contributed by atoms with E-state index in [-0.39, 0.29) is 17.6 Å². The molecule has 3 saturated carbocycles. The van der Waals surface area contributed by atoms with Crippen LogP contribution < -0.4 is 0 Å². The minimum absolute atomic E-state index is 0.201. The highest BCUT2D eigenvalue weighted by Gasteiger charge is 2.59. The van der Waals surface area contributed by atoms with Crippen molar-refractivity contribution in [1.29, 1.82) is 0 Å². The Kier molecular flexibility index (Phi) is 4.41. The predicted molar refractivity (Wildman–Crippen MR) is 109 cm³/mol. The van der Waals surface area contributed by atoms with Gasteiger partial charge < -0.3 is 10.2 Å². The first kappa shape index (κ1) is 18.4. The van der Waals surface area contributed by atoms with E-state index in [0.717, 1.165) is 25.2 Å². The molecule has 0 amide bonds. The fourth-order valence-corrected chi connectivity index (χ4v) is 8.28. The van der Waals surface area contributed by atoms with E-state index in [9.17, 15) is 10.2 Å². The molecular weight excluding hydrogens is 332 g/mol. The highest BCUT2D eigenvalue weighted by Crippen LogP contribution is 2.66. The van der Waals surface area contributed by atoms with Crippen LogP contribution in [-0.2, 0) is 0 Å². The van der Waals surface area contributed by atoms with Gasteiger partial charge in [-0.1, -0.05) is 56.4 Å². The third-order valence-corrected chi connectivity index (χ3v) is 9.79. The van der Waals surface area contributed by atoms with Crippen molar-refractivity contribution >= 4 is 0 Å². The fourth-order valence-electron chi connectivity index (χ4n) is 8.28. The Morgan fingerprint density at radius 3 is 2.41 bits per heavy atom. The van der Waals surface area contributed by atoms with Gasteiger partial charge >= 0.3 is 0 Å². The number of fused-ring (bicyclic) bond motifs is 5. The van der Waals surface area contributed by atoms with Gasteiger partial charge in [0.2, 0.25) is 0 Å². The zero-order valence-corrected chi connectivity index (χ0v) is 17.3. The molecule has 0 aromatic heterocycles. The summed E-state index contributed by atoms with van der Waals surface area (Å²) < 4.78 is 0. The summed E-state index contributed by atoms with van der Waals surface area (Å²) in [6.45, 7) is 4.99. The van der Waals surface area contributed by atoms with Gasteiger partial charge in [-0.15, -0.1) is 0 Å². The van der Waals surface area contributed by atoms with E-state index >= 15 is 0 Å². The summed E-state index contributed by atoms with van der Waals surface area (Å²) in [5, 5.41) is 21.4. The molecule has 0 heterocycles. The van der Waals surface area contributed by atoms with Gasteiger partial charge in [0.05, 0.1) is 12.2 Å². The molecule has 0 spiro atoms. The van der Waals surface area contributed by atoms with Gasteiger partial charge in [-0.05, 0) is 85.9 Å². The maximum absolute atomic E-state index is 11.2. The fraction of sp³-hybridized carbons (Fsp3) is 0.840. The number of allylic oxidation sites excluding steroid dienone is 2. The lowest BCUT2D eigenvalue weighted by Crippen LogP contribution is -2.54. The molecule has 27 heavy (non-hydrogen) atoms. The second-order valence-corrected chi connectivity index (χ2v) is 11.0.